The predicted molar refractivity (Wildman–Crippen MR) is 57.1 cm³/mol. The van der Waals surface area contributed by atoms with Crippen LogP contribution in [0, 0.1) is 0 Å². The number of carbonyl (C=O) groups excluding carboxylic acids is 1. The van der Waals surface area contributed by atoms with Gasteiger partial charge in [-0.1, -0.05) is 11.2 Å². The van der Waals surface area contributed by atoms with Crippen LogP contribution in [0.1, 0.15) is 29.4 Å². The summed E-state index contributed by atoms with van der Waals surface area (Å²) in [6.45, 7) is 1.48. The Balaban J connectivity index is 2.08. The Morgan fingerprint density at radius 1 is 1.47 bits per heavy atom. The maximum Gasteiger partial charge on any atom is 0.322 e. The molecule has 2 heterocycles. The minimum Gasteiger partial charge on any atom is -0.405 e. The zero-order chi connectivity index (χ0) is 12.3. The van der Waals surface area contributed by atoms with Gasteiger partial charge < -0.3 is 9.52 Å². The summed E-state index contributed by atoms with van der Waals surface area (Å²) in [4.78, 5) is 15.5. The minimum atomic E-state index is -0.872. The highest BCUT2D eigenvalue weighted by Gasteiger charge is 2.14. The lowest BCUT2D eigenvalue weighted by molar-refractivity contribution is 0.101. The molecule has 1 unspecified atom stereocenters. The summed E-state index contributed by atoms with van der Waals surface area (Å²) in [6, 6.07) is 4.88. The van der Waals surface area contributed by atoms with Crippen LogP contribution in [0.2, 0.25) is 0 Å². The molecule has 0 aliphatic rings. The van der Waals surface area contributed by atoms with Gasteiger partial charge >= 0.3 is 6.01 Å². The second-order valence-electron chi connectivity index (χ2n) is 3.29. The van der Waals surface area contributed by atoms with Gasteiger partial charge in [0.2, 0.25) is 5.89 Å². The van der Waals surface area contributed by atoms with E-state index in [0.717, 1.165) is 0 Å². The van der Waals surface area contributed by atoms with Gasteiger partial charge in [0.1, 0.15) is 11.8 Å². The molecule has 0 saturated heterocycles. The first-order chi connectivity index (χ1) is 8.16. The van der Waals surface area contributed by atoms with Crippen molar-refractivity contribution >= 4 is 11.9 Å². The summed E-state index contributed by atoms with van der Waals surface area (Å²) in [5, 5.41) is 18.7. The smallest absolute Gasteiger partial charge is 0.322 e. The predicted octanol–water partition coefficient (Wildman–Crippen LogP) is 0.770. The third-order valence-electron chi connectivity index (χ3n) is 1.92. The molecule has 0 spiro atoms. The molecule has 0 aliphatic heterocycles. The second-order valence-corrected chi connectivity index (χ2v) is 3.29. The van der Waals surface area contributed by atoms with E-state index in [1.807, 2.05) is 0 Å². The molecule has 0 bridgehead atoms. The van der Waals surface area contributed by atoms with Gasteiger partial charge in [0.05, 0.1) is 0 Å². The zero-order valence-electron chi connectivity index (χ0n) is 8.99. The summed E-state index contributed by atoms with van der Waals surface area (Å²) >= 11 is 0. The number of aliphatic hydroxyl groups excluding tert-OH is 1. The minimum absolute atomic E-state index is 0.0429. The van der Waals surface area contributed by atoms with E-state index >= 15 is 0 Å². The molecular weight excluding hydrogens is 224 g/mol. The van der Waals surface area contributed by atoms with Crippen LogP contribution in [-0.4, -0.2) is 26.2 Å². The first-order valence-corrected chi connectivity index (χ1v) is 4.90. The standard InChI is InChI=1S/C10H10N4O3/c1-6(15)9-13-14-10(17-9)12-8(16)7-4-2-3-5-11-7/h2-6,15H,1H3,(H,12,14,16). The molecule has 0 saturated carbocycles. The Kier molecular flexibility index (Phi) is 3.10. The molecule has 7 heteroatoms. The molecule has 0 fully saturated rings. The quantitative estimate of drug-likeness (QED) is 0.813. The fourth-order valence-electron chi connectivity index (χ4n) is 1.11. The Bertz CT molecular complexity index is 509. The average molecular weight is 234 g/mol. The Morgan fingerprint density at radius 3 is 2.88 bits per heavy atom. The molecule has 2 N–H and O–H groups in total. The van der Waals surface area contributed by atoms with Crippen molar-refractivity contribution in [2.24, 2.45) is 0 Å². The van der Waals surface area contributed by atoms with E-state index in [0.29, 0.717) is 0 Å². The van der Waals surface area contributed by atoms with Gasteiger partial charge in [-0.25, -0.2) is 0 Å². The number of hydrogen-bond acceptors (Lipinski definition) is 6. The number of nitrogens with one attached hydrogen (secondary N) is 1. The normalized spacial score (nSPS) is 12.1. The molecular formula is C10H10N4O3. The Morgan fingerprint density at radius 2 is 2.29 bits per heavy atom. The van der Waals surface area contributed by atoms with Gasteiger partial charge in [0.15, 0.2) is 0 Å². The van der Waals surface area contributed by atoms with Crippen molar-refractivity contribution in [2.45, 2.75) is 13.0 Å². The number of aliphatic hydroxyl groups is 1. The Labute approximate surface area is 96.5 Å². The lowest BCUT2D eigenvalue weighted by Gasteiger charge is -1.98. The number of anilines is 1. The van der Waals surface area contributed by atoms with Gasteiger partial charge in [0.25, 0.3) is 5.91 Å². The number of nitrogens with zero attached hydrogens (tertiary/aromatic N) is 3. The van der Waals surface area contributed by atoms with E-state index in [9.17, 15) is 4.79 Å². The molecule has 0 aliphatic carbocycles. The molecule has 7 nitrogen and oxygen atoms in total. The van der Waals surface area contributed by atoms with E-state index in [1.54, 1.807) is 18.2 Å². The van der Waals surface area contributed by atoms with E-state index in [2.05, 4.69) is 20.5 Å². The van der Waals surface area contributed by atoms with E-state index in [1.165, 1.54) is 13.1 Å². The van der Waals surface area contributed by atoms with Gasteiger partial charge in [-0.3, -0.25) is 15.1 Å². The van der Waals surface area contributed by atoms with Crippen LogP contribution < -0.4 is 5.32 Å². The average Bonchev–Trinajstić information content (AvgIpc) is 2.79. The van der Waals surface area contributed by atoms with Crippen LogP contribution in [0.5, 0.6) is 0 Å². The topological polar surface area (TPSA) is 101 Å². The number of hydrogen-bond donors (Lipinski definition) is 2. The van der Waals surface area contributed by atoms with Gasteiger partial charge in [-0.15, -0.1) is 5.10 Å². The summed E-state index contributed by atoms with van der Waals surface area (Å²) in [6.07, 6.45) is 0.632. The van der Waals surface area contributed by atoms with Crippen molar-refractivity contribution in [3.8, 4) is 0 Å². The van der Waals surface area contributed by atoms with Crippen LogP contribution in [-0.2, 0) is 0 Å². The molecule has 2 rings (SSSR count). The molecule has 2 aromatic heterocycles. The monoisotopic (exact) mass is 234 g/mol. The number of amides is 1. The Hall–Kier alpha value is -2.28. The highest BCUT2D eigenvalue weighted by molar-refractivity contribution is 6.01. The van der Waals surface area contributed by atoms with Crippen LogP contribution in [0.4, 0.5) is 6.01 Å². The first kappa shape index (κ1) is 11.2. The van der Waals surface area contributed by atoms with Crippen molar-refractivity contribution in [1.82, 2.24) is 15.2 Å². The highest BCUT2D eigenvalue weighted by Crippen LogP contribution is 2.13. The van der Waals surface area contributed by atoms with Crippen molar-refractivity contribution in [3.63, 3.8) is 0 Å². The second kappa shape index (κ2) is 4.71. The largest absolute Gasteiger partial charge is 0.405 e. The number of aromatic nitrogens is 3. The molecule has 1 atom stereocenters. The van der Waals surface area contributed by atoms with Crippen molar-refractivity contribution < 1.29 is 14.3 Å². The van der Waals surface area contributed by atoms with Crippen molar-refractivity contribution in [1.29, 1.82) is 0 Å². The van der Waals surface area contributed by atoms with Crippen LogP contribution >= 0.6 is 0 Å². The first-order valence-electron chi connectivity index (χ1n) is 4.90. The van der Waals surface area contributed by atoms with Crippen LogP contribution in [0.3, 0.4) is 0 Å². The summed E-state index contributed by atoms with van der Waals surface area (Å²) in [5.41, 5.74) is 0.240. The summed E-state index contributed by atoms with van der Waals surface area (Å²) in [7, 11) is 0. The lowest BCUT2D eigenvalue weighted by atomic mass is 10.3. The number of pyridine rings is 1. The number of rotatable bonds is 3. The molecule has 1 amide bonds. The lowest BCUT2D eigenvalue weighted by Crippen LogP contribution is -2.13. The van der Waals surface area contributed by atoms with E-state index < -0.39 is 12.0 Å². The molecule has 0 aromatic carbocycles. The fourth-order valence-corrected chi connectivity index (χ4v) is 1.11. The van der Waals surface area contributed by atoms with Gasteiger partial charge in [0, 0.05) is 6.20 Å². The maximum absolute atomic E-state index is 11.6. The van der Waals surface area contributed by atoms with Crippen molar-refractivity contribution in [2.75, 3.05) is 5.32 Å². The van der Waals surface area contributed by atoms with Crippen molar-refractivity contribution in [3.05, 3.63) is 36.0 Å². The highest BCUT2D eigenvalue weighted by atomic mass is 16.4. The third-order valence-corrected chi connectivity index (χ3v) is 1.92. The molecule has 17 heavy (non-hydrogen) atoms. The molecule has 2 aromatic rings. The van der Waals surface area contributed by atoms with E-state index in [4.69, 9.17) is 9.52 Å². The van der Waals surface area contributed by atoms with Crippen LogP contribution in [0.25, 0.3) is 0 Å². The summed E-state index contributed by atoms with van der Waals surface area (Å²) < 4.78 is 5.01. The van der Waals surface area contributed by atoms with Crippen LogP contribution in [0.15, 0.2) is 28.8 Å². The van der Waals surface area contributed by atoms with E-state index in [-0.39, 0.29) is 17.6 Å². The third kappa shape index (κ3) is 2.64. The summed E-state index contributed by atoms with van der Waals surface area (Å²) in [5.74, 6) is -0.410. The number of carbonyl (C=O) groups is 1. The maximum atomic E-state index is 11.6. The zero-order valence-corrected chi connectivity index (χ0v) is 8.99. The molecule has 0 radical (unpaired) electrons. The molecule has 88 valence electrons. The van der Waals surface area contributed by atoms with Gasteiger partial charge in [-0.2, -0.15) is 0 Å². The van der Waals surface area contributed by atoms with Gasteiger partial charge in [-0.05, 0) is 19.1 Å². The fraction of sp³-hybridized carbons (Fsp3) is 0.200. The SMILES string of the molecule is CC(O)c1nnc(NC(=O)c2ccccn2)o1.